The molecule has 1 fully saturated rings. The van der Waals surface area contributed by atoms with Gasteiger partial charge >= 0.3 is 0 Å². The molecule has 0 unspecified atom stereocenters. The predicted octanol–water partition coefficient (Wildman–Crippen LogP) is 2.51. The number of thiophene rings is 1. The van der Waals surface area contributed by atoms with E-state index in [2.05, 4.69) is 30.5 Å². The minimum absolute atomic E-state index is 0.210. The first kappa shape index (κ1) is 13.6. The van der Waals surface area contributed by atoms with Crippen LogP contribution in [0.5, 0.6) is 0 Å². The summed E-state index contributed by atoms with van der Waals surface area (Å²) in [7, 11) is 0. The van der Waals surface area contributed by atoms with Gasteiger partial charge in [0.2, 0.25) is 5.91 Å². The van der Waals surface area contributed by atoms with E-state index in [0.29, 0.717) is 12.5 Å². The van der Waals surface area contributed by atoms with E-state index in [-0.39, 0.29) is 5.91 Å². The van der Waals surface area contributed by atoms with Crippen molar-refractivity contribution in [1.82, 2.24) is 10.6 Å². The van der Waals surface area contributed by atoms with Crippen molar-refractivity contribution < 1.29 is 4.79 Å². The third-order valence-corrected chi connectivity index (χ3v) is 4.17. The normalized spacial score (nSPS) is 14.8. The molecule has 18 heavy (non-hydrogen) atoms. The van der Waals surface area contributed by atoms with Gasteiger partial charge in [0.25, 0.3) is 0 Å². The maximum absolute atomic E-state index is 11.4. The second-order valence-corrected chi connectivity index (χ2v) is 6.52. The largest absolute Gasteiger partial charge is 0.353 e. The van der Waals surface area contributed by atoms with Crippen LogP contribution < -0.4 is 10.6 Å². The minimum Gasteiger partial charge on any atom is -0.353 e. The number of amides is 1. The lowest BCUT2D eigenvalue weighted by atomic mass is 10.2. The number of hydrogen-bond acceptors (Lipinski definition) is 3. The van der Waals surface area contributed by atoms with Crippen LogP contribution >= 0.6 is 11.3 Å². The molecule has 1 aromatic rings. The minimum atomic E-state index is 0.210. The first-order chi connectivity index (χ1) is 8.65. The van der Waals surface area contributed by atoms with Gasteiger partial charge in [-0.1, -0.05) is 0 Å². The molecule has 2 N–H and O–H groups in total. The molecular weight excluding hydrogens is 244 g/mol. The molecule has 2 rings (SSSR count). The summed E-state index contributed by atoms with van der Waals surface area (Å²) >= 11 is 1.85. The number of hydrogen-bond donors (Lipinski definition) is 2. The fraction of sp³-hybridized carbons (Fsp3) is 0.643. The molecule has 1 aliphatic rings. The molecule has 1 heterocycles. The average molecular weight is 266 g/mol. The molecule has 1 amide bonds. The van der Waals surface area contributed by atoms with Gasteiger partial charge in [-0.2, -0.15) is 0 Å². The van der Waals surface area contributed by atoms with Gasteiger partial charge in [0.1, 0.15) is 0 Å². The number of nitrogens with one attached hydrogen (secondary N) is 2. The van der Waals surface area contributed by atoms with Gasteiger partial charge in [-0.05, 0) is 51.3 Å². The zero-order valence-corrected chi connectivity index (χ0v) is 12.0. The highest BCUT2D eigenvalue weighted by molar-refractivity contribution is 7.12. The van der Waals surface area contributed by atoms with Crippen molar-refractivity contribution in [3.05, 3.63) is 21.4 Å². The Morgan fingerprint density at radius 1 is 1.44 bits per heavy atom. The van der Waals surface area contributed by atoms with Crippen LogP contribution in [0, 0.1) is 13.8 Å². The van der Waals surface area contributed by atoms with E-state index in [1.165, 1.54) is 28.2 Å². The lowest BCUT2D eigenvalue weighted by molar-refractivity contribution is -0.121. The third-order valence-electron chi connectivity index (χ3n) is 3.16. The van der Waals surface area contributed by atoms with Gasteiger partial charge in [-0.3, -0.25) is 4.79 Å². The van der Waals surface area contributed by atoms with Crippen molar-refractivity contribution in [2.45, 2.75) is 52.1 Å². The summed E-state index contributed by atoms with van der Waals surface area (Å²) in [5, 5.41) is 6.42. The summed E-state index contributed by atoms with van der Waals surface area (Å²) in [6, 6.07) is 2.73. The molecule has 0 aliphatic heterocycles. The second kappa shape index (κ2) is 6.34. The van der Waals surface area contributed by atoms with Crippen molar-refractivity contribution in [3.8, 4) is 0 Å². The Labute approximate surface area is 113 Å². The van der Waals surface area contributed by atoms with Gasteiger partial charge in [0.05, 0.1) is 0 Å². The Morgan fingerprint density at radius 2 is 2.22 bits per heavy atom. The fourth-order valence-electron chi connectivity index (χ4n) is 1.98. The van der Waals surface area contributed by atoms with Crippen LogP contribution in [-0.4, -0.2) is 18.5 Å². The second-order valence-electron chi connectivity index (χ2n) is 5.06. The zero-order chi connectivity index (χ0) is 13.0. The van der Waals surface area contributed by atoms with Crippen LogP contribution in [0.25, 0.3) is 0 Å². The Balaban J connectivity index is 1.55. The van der Waals surface area contributed by atoms with E-state index in [0.717, 1.165) is 19.5 Å². The first-order valence-corrected chi connectivity index (χ1v) is 7.53. The van der Waals surface area contributed by atoms with Gasteiger partial charge in [-0.25, -0.2) is 0 Å². The van der Waals surface area contributed by atoms with Crippen molar-refractivity contribution in [2.24, 2.45) is 0 Å². The highest BCUT2D eigenvalue weighted by Crippen LogP contribution is 2.20. The molecule has 3 nitrogen and oxygen atoms in total. The van der Waals surface area contributed by atoms with E-state index in [4.69, 9.17) is 0 Å². The molecule has 0 radical (unpaired) electrons. The van der Waals surface area contributed by atoms with Crippen LogP contribution in [0.2, 0.25) is 0 Å². The highest BCUT2D eigenvalue weighted by Gasteiger charge is 2.22. The first-order valence-electron chi connectivity index (χ1n) is 6.71. The van der Waals surface area contributed by atoms with Gasteiger partial charge in [-0.15, -0.1) is 11.3 Å². The lowest BCUT2D eigenvalue weighted by Crippen LogP contribution is -2.26. The number of aryl methyl sites for hydroxylation is 2. The van der Waals surface area contributed by atoms with E-state index in [1.807, 2.05) is 11.3 Å². The molecule has 1 saturated carbocycles. The van der Waals surface area contributed by atoms with E-state index >= 15 is 0 Å². The summed E-state index contributed by atoms with van der Waals surface area (Å²) < 4.78 is 0. The molecule has 0 aromatic carbocycles. The summed E-state index contributed by atoms with van der Waals surface area (Å²) in [5.41, 5.74) is 1.39. The van der Waals surface area contributed by atoms with Crippen molar-refractivity contribution in [2.75, 3.05) is 6.54 Å². The number of carbonyl (C=O) groups excluding carboxylic acids is 1. The van der Waals surface area contributed by atoms with Crippen LogP contribution in [0.4, 0.5) is 0 Å². The van der Waals surface area contributed by atoms with Crippen molar-refractivity contribution in [1.29, 1.82) is 0 Å². The summed E-state index contributed by atoms with van der Waals surface area (Å²) in [6.45, 7) is 6.13. The standard InChI is InChI=1S/C14H22N2OS/c1-10-8-12(11(2)18-10)9-15-7-3-4-14(17)16-13-5-6-13/h8,13,15H,3-7,9H2,1-2H3,(H,16,17). The Hall–Kier alpha value is -0.870. The number of carbonyl (C=O) groups is 1. The molecule has 0 spiro atoms. The maximum atomic E-state index is 11.4. The summed E-state index contributed by atoms with van der Waals surface area (Å²) in [4.78, 5) is 14.2. The molecule has 4 heteroatoms. The third kappa shape index (κ3) is 4.42. The maximum Gasteiger partial charge on any atom is 0.220 e. The quantitative estimate of drug-likeness (QED) is 0.745. The van der Waals surface area contributed by atoms with Crippen LogP contribution in [-0.2, 0) is 11.3 Å². The Kier molecular flexibility index (Phi) is 4.78. The zero-order valence-electron chi connectivity index (χ0n) is 11.2. The van der Waals surface area contributed by atoms with Crippen LogP contribution in [0.1, 0.15) is 41.0 Å². The number of rotatable bonds is 7. The molecule has 0 saturated heterocycles. The summed E-state index contributed by atoms with van der Waals surface area (Å²) in [5.74, 6) is 0.210. The molecule has 100 valence electrons. The average Bonchev–Trinajstić information content (AvgIpc) is 3.04. The molecule has 0 bridgehead atoms. The molecule has 0 atom stereocenters. The van der Waals surface area contributed by atoms with E-state index in [9.17, 15) is 4.79 Å². The molecular formula is C14H22N2OS. The van der Waals surface area contributed by atoms with Gasteiger partial charge in [0.15, 0.2) is 0 Å². The van der Waals surface area contributed by atoms with Crippen molar-refractivity contribution >= 4 is 17.2 Å². The molecule has 1 aromatic heterocycles. The Morgan fingerprint density at radius 3 is 2.83 bits per heavy atom. The van der Waals surface area contributed by atoms with Crippen molar-refractivity contribution in [3.63, 3.8) is 0 Å². The van der Waals surface area contributed by atoms with Crippen LogP contribution in [0.15, 0.2) is 6.07 Å². The predicted molar refractivity (Wildman–Crippen MR) is 75.9 cm³/mol. The Bertz CT molecular complexity index is 410. The molecule has 1 aliphatic carbocycles. The van der Waals surface area contributed by atoms with Gasteiger partial charge < -0.3 is 10.6 Å². The van der Waals surface area contributed by atoms with Gasteiger partial charge in [0, 0.05) is 28.8 Å². The summed E-state index contributed by atoms with van der Waals surface area (Å²) in [6.07, 6.45) is 3.90. The topological polar surface area (TPSA) is 41.1 Å². The van der Waals surface area contributed by atoms with Crippen LogP contribution in [0.3, 0.4) is 0 Å². The highest BCUT2D eigenvalue weighted by atomic mass is 32.1. The SMILES string of the molecule is Cc1cc(CNCCCC(=O)NC2CC2)c(C)s1. The fourth-order valence-corrected chi connectivity index (χ4v) is 2.93. The van der Waals surface area contributed by atoms with E-state index < -0.39 is 0 Å². The lowest BCUT2D eigenvalue weighted by Gasteiger charge is -2.05. The smallest absolute Gasteiger partial charge is 0.220 e. The van der Waals surface area contributed by atoms with E-state index in [1.54, 1.807) is 0 Å². The monoisotopic (exact) mass is 266 g/mol.